The van der Waals surface area contributed by atoms with Crippen molar-refractivity contribution in [1.29, 1.82) is 0 Å². The van der Waals surface area contributed by atoms with E-state index in [4.69, 9.17) is 4.74 Å². The topological polar surface area (TPSA) is 66.9 Å². The first-order valence-electron chi connectivity index (χ1n) is 7.86. The summed E-state index contributed by atoms with van der Waals surface area (Å²) in [4.78, 5) is 11.6. The van der Waals surface area contributed by atoms with Crippen LogP contribution >= 0.6 is 0 Å². The lowest BCUT2D eigenvalue weighted by Gasteiger charge is -2.32. The minimum atomic E-state index is 0.666. The summed E-state index contributed by atoms with van der Waals surface area (Å²) in [5.41, 5.74) is 2.91. The van der Waals surface area contributed by atoms with E-state index in [1.54, 1.807) is 13.3 Å². The summed E-state index contributed by atoms with van der Waals surface area (Å²) < 4.78 is 5.17. The number of ether oxygens (including phenoxy) is 1. The molecule has 2 aromatic rings. The molecule has 0 radical (unpaired) electrons. The third kappa shape index (κ3) is 3.90. The number of hydrogen-bond donors (Lipinski definition) is 1. The molecule has 6 nitrogen and oxygen atoms in total. The molecule has 1 fully saturated rings. The number of aromatic nitrogens is 4. The first-order chi connectivity index (χ1) is 10.8. The van der Waals surface area contributed by atoms with Crippen molar-refractivity contribution in [1.82, 2.24) is 25.1 Å². The predicted molar refractivity (Wildman–Crippen MR) is 84.4 cm³/mol. The molecular weight excluding hydrogens is 278 g/mol. The average molecular weight is 301 g/mol. The molecule has 22 heavy (non-hydrogen) atoms. The van der Waals surface area contributed by atoms with Crippen LogP contribution in [0.3, 0.4) is 0 Å². The fourth-order valence-corrected chi connectivity index (χ4v) is 3.04. The lowest BCUT2D eigenvalue weighted by Crippen LogP contribution is -2.38. The quantitative estimate of drug-likeness (QED) is 0.881. The number of hydrogen-bond acceptors (Lipinski definition) is 5. The minimum absolute atomic E-state index is 0.666. The van der Waals surface area contributed by atoms with Crippen LogP contribution in [0.1, 0.15) is 18.5 Å². The number of likely N-dealkylation sites (tertiary alicyclic amines) is 1. The van der Waals surface area contributed by atoms with E-state index in [1.807, 2.05) is 18.6 Å². The van der Waals surface area contributed by atoms with Gasteiger partial charge in [0, 0.05) is 38.2 Å². The molecular formula is C16H23N5O. The molecule has 0 amide bonds. The van der Waals surface area contributed by atoms with Gasteiger partial charge in [-0.25, -0.2) is 0 Å². The predicted octanol–water partition coefficient (Wildman–Crippen LogP) is 1.77. The van der Waals surface area contributed by atoms with E-state index in [2.05, 4.69) is 25.1 Å². The van der Waals surface area contributed by atoms with Gasteiger partial charge in [0.1, 0.15) is 0 Å². The van der Waals surface area contributed by atoms with Gasteiger partial charge >= 0.3 is 0 Å². The second-order valence-electron chi connectivity index (χ2n) is 5.89. The molecule has 1 unspecified atom stereocenters. The summed E-state index contributed by atoms with van der Waals surface area (Å²) in [6.45, 7) is 4.16. The Morgan fingerprint density at radius 2 is 2.27 bits per heavy atom. The monoisotopic (exact) mass is 301 g/mol. The lowest BCUT2D eigenvalue weighted by atomic mass is 9.93. The van der Waals surface area contributed by atoms with E-state index < -0.39 is 0 Å². The normalized spacial score (nSPS) is 19.4. The molecule has 1 saturated heterocycles. The van der Waals surface area contributed by atoms with Crippen molar-refractivity contribution < 1.29 is 4.74 Å². The molecule has 1 atom stereocenters. The second kappa shape index (κ2) is 7.47. The van der Waals surface area contributed by atoms with Crippen LogP contribution in [0.5, 0.6) is 0 Å². The zero-order valence-electron chi connectivity index (χ0n) is 13.0. The first kappa shape index (κ1) is 15.1. The summed E-state index contributed by atoms with van der Waals surface area (Å²) in [6.07, 6.45) is 10.9. The highest BCUT2D eigenvalue weighted by Gasteiger charge is 2.20. The van der Waals surface area contributed by atoms with Crippen molar-refractivity contribution in [3.63, 3.8) is 0 Å². The largest absolute Gasteiger partial charge is 0.383 e. The van der Waals surface area contributed by atoms with Gasteiger partial charge in [-0.2, -0.15) is 5.10 Å². The van der Waals surface area contributed by atoms with Crippen molar-refractivity contribution in [3.05, 3.63) is 30.5 Å². The zero-order valence-corrected chi connectivity index (χ0v) is 13.0. The summed E-state index contributed by atoms with van der Waals surface area (Å²) in [5, 5.41) is 6.74. The molecule has 6 heteroatoms. The van der Waals surface area contributed by atoms with Gasteiger partial charge in [0.05, 0.1) is 30.4 Å². The number of rotatable bonds is 6. The Balaban J connectivity index is 1.56. The fraction of sp³-hybridized carbons (Fsp3) is 0.562. The molecule has 1 N–H and O–H groups in total. The molecule has 0 aromatic carbocycles. The molecule has 0 aliphatic carbocycles. The summed E-state index contributed by atoms with van der Waals surface area (Å²) in [7, 11) is 1.76. The van der Waals surface area contributed by atoms with Gasteiger partial charge in [0.15, 0.2) is 0 Å². The van der Waals surface area contributed by atoms with Crippen molar-refractivity contribution in [3.8, 4) is 11.3 Å². The maximum absolute atomic E-state index is 5.17. The van der Waals surface area contributed by atoms with Gasteiger partial charge in [-0.3, -0.25) is 15.1 Å². The van der Waals surface area contributed by atoms with Crippen molar-refractivity contribution in [2.75, 3.05) is 33.4 Å². The van der Waals surface area contributed by atoms with Crippen molar-refractivity contribution in [2.45, 2.75) is 19.3 Å². The van der Waals surface area contributed by atoms with Crippen LogP contribution in [0.2, 0.25) is 0 Å². The lowest BCUT2D eigenvalue weighted by molar-refractivity contribution is 0.114. The Kier molecular flexibility index (Phi) is 5.13. The summed E-state index contributed by atoms with van der Waals surface area (Å²) >= 11 is 0. The highest BCUT2D eigenvalue weighted by molar-refractivity contribution is 5.55. The third-order valence-corrected chi connectivity index (χ3v) is 4.21. The van der Waals surface area contributed by atoms with Gasteiger partial charge in [0.2, 0.25) is 0 Å². The molecule has 118 valence electrons. The number of nitrogens with zero attached hydrogens (tertiary/aromatic N) is 4. The van der Waals surface area contributed by atoms with Crippen LogP contribution in [-0.2, 0) is 11.2 Å². The molecule has 1 aliphatic rings. The smallest absolute Gasteiger partial charge is 0.0916 e. The Morgan fingerprint density at radius 3 is 3.00 bits per heavy atom. The number of nitrogens with one attached hydrogen (secondary N) is 1. The van der Waals surface area contributed by atoms with Crippen LogP contribution in [0.25, 0.3) is 11.3 Å². The van der Waals surface area contributed by atoms with Gasteiger partial charge in [-0.1, -0.05) is 0 Å². The van der Waals surface area contributed by atoms with Crippen molar-refractivity contribution in [2.24, 2.45) is 5.92 Å². The van der Waals surface area contributed by atoms with E-state index in [0.717, 1.165) is 43.1 Å². The van der Waals surface area contributed by atoms with Crippen LogP contribution in [0.15, 0.2) is 24.8 Å². The average Bonchev–Trinajstić information content (AvgIpc) is 3.08. The van der Waals surface area contributed by atoms with Crippen LogP contribution in [0, 0.1) is 5.92 Å². The number of piperidine rings is 1. The van der Waals surface area contributed by atoms with E-state index in [-0.39, 0.29) is 0 Å². The summed E-state index contributed by atoms with van der Waals surface area (Å²) in [6, 6.07) is 0. The minimum Gasteiger partial charge on any atom is -0.383 e. The zero-order chi connectivity index (χ0) is 15.2. The molecule has 3 rings (SSSR count). The van der Waals surface area contributed by atoms with Gasteiger partial charge < -0.3 is 9.64 Å². The van der Waals surface area contributed by atoms with Crippen LogP contribution in [-0.4, -0.2) is 58.4 Å². The Hall–Kier alpha value is -1.79. The van der Waals surface area contributed by atoms with Gasteiger partial charge in [-0.15, -0.1) is 0 Å². The summed E-state index contributed by atoms with van der Waals surface area (Å²) in [5.74, 6) is 0.666. The van der Waals surface area contributed by atoms with E-state index in [9.17, 15) is 0 Å². The highest BCUT2D eigenvalue weighted by Crippen LogP contribution is 2.20. The van der Waals surface area contributed by atoms with Crippen LogP contribution < -0.4 is 0 Å². The van der Waals surface area contributed by atoms with Gasteiger partial charge in [-0.05, 0) is 31.7 Å². The van der Waals surface area contributed by atoms with E-state index in [0.29, 0.717) is 5.92 Å². The number of aromatic amines is 1. The molecule has 0 saturated carbocycles. The van der Waals surface area contributed by atoms with Gasteiger partial charge in [0.25, 0.3) is 0 Å². The Labute approximate surface area is 130 Å². The SMILES string of the molecule is COCCN1CCCC(Cc2cnc(-c3cn[nH]c3)cn2)C1. The molecule has 0 spiro atoms. The number of methoxy groups -OCH3 is 1. The van der Waals surface area contributed by atoms with E-state index in [1.165, 1.54) is 19.4 Å². The Bertz CT molecular complexity index is 554. The third-order valence-electron chi connectivity index (χ3n) is 4.21. The first-order valence-corrected chi connectivity index (χ1v) is 7.86. The molecule has 0 bridgehead atoms. The standard InChI is InChI=1S/C16H23N5O/c1-22-6-5-21-4-2-3-13(12-21)7-15-10-18-16(11-17-15)14-8-19-20-9-14/h8-11,13H,2-7,12H2,1H3,(H,19,20). The fourth-order valence-electron chi connectivity index (χ4n) is 3.04. The Morgan fingerprint density at radius 1 is 1.32 bits per heavy atom. The highest BCUT2D eigenvalue weighted by atomic mass is 16.5. The maximum Gasteiger partial charge on any atom is 0.0916 e. The molecule has 1 aliphatic heterocycles. The molecule has 2 aromatic heterocycles. The molecule has 3 heterocycles. The second-order valence-corrected chi connectivity index (χ2v) is 5.89. The van der Waals surface area contributed by atoms with E-state index >= 15 is 0 Å². The van der Waals surface area contributed by atoms with Crippen LogP contribution in [0.4, 0.5) is 0 Å². The number of H-pyrrole nitrogens is 1. The van der Waals surface area contributed by atoms with Crippen molar-refractivity contribution >= 4 is 0 Å². The maximum atomic E-state index is 5.17.